The first-order valence-corrected chi connectivity index (χ1v) is 4.46. The third-order valence-electron chi connectivity index (χ3n) is 2.01. The van der Waals surface area contributed by atoms with Gasteiger partial charge in [0.05, 0.1) is 0 Å². The molecule has 0 amide bonds. The Morgan fingerprint density at radius 3 is 2.62 bits per heavy atom. The molecule has 2 rings (SSSR count). The highest BCUT2D eigenvalue weighted by Gasteiger charge is 2.13. The van der Waals surface area contributed by atoms with Gasteiger partial charge in [0.1, 0.15) is 11.4 Å². The van der Waals surface area contributed by atoms with Crippen molar-refractivity contribution < 1.29 is 9.50 Å². The Hall–Kier alpha value is -2.37. The van der Waals surface area contributed by atoms with Crippen molar-refractivity contribution in [2.45, 2.75) is 0 Å². The van der Waals surface area contributed by atoms with E-state index in [0.717, 1.165) is 0 Å². The van der Waals surface area contributed by atoms with Crippen molar-refractivity contribution in [3.63, 3.8) is 0 Å². The molecule has 6 heteroatoms. The highest BCUT2D eigenvalue weighted by molar-refractivity contribution is 5.65. The predicted octanol–water partition coefficient (Wildman–Crippen LogP) is 1.15. The van der Waals surface area contributed by atoms with Crippen LogP contribution in [0.2, 0.25) is 0 Å². The lowest BCUT2D eigenvalue weighted by Gasteiger charge is -2.05. The van der Waals surface area contributed by atoms with E-state index < -0.39 is 5.82 Å². The molecular formula is C10H9FN4O. The molecule has 0 fully saturated rings. The summed E-state index contributed by atoms with van der Waals surface area (Å²) in [5.74, 6) is -1.17. The van der Waals surface area contributed by atoms with Crippen LogP contribution >= 0.6 is 0 Å². The Bertz CT molecular complexity index is 544. The summed E-state index contributed by atoms with van der Waals surface area (Å²) in [6.45, 7) is 0. The van der Waals surface area contributed by atoms with Crippen LogP contribution in [0.1, 0.15) is 0 Å². The lowest BCUT2D eigenvalue weighted by molar-refractivity contribution is 0.475. The number of nitrogens with zero attached hydrogens (tertiary/aromatic N) is 2. The van der Waals surface area contributed by atoms with E-state index in [0.29, 0.717) is 5.56 Å². The highest BCUT2D eigenvalue weighted by Crippen LogP contribution is 2.26. The van der Waals surface area contributed by atoms with Gasteiger partial charge in [-0.05, 0) is 12.1 Å². The summed E-state index contributed by atoms with van der Waals surface area (Å²) in [7, 11) is 0. The van der Waals surface area contributed by atoms with E-state index in [1.165, 1.54) is 12.1 Å². The molecule has 1 aromatic heterocycles. The van der Waals surface area contributed by atoms with E-state index in [2.05, 4.69) is 9.97 Å². The zero-order chi connectivity index (χ0) is 11.7. The van der Waals surface area contributed by atoms with Crippen LogP contribution in [0.5, 0.6) is 5.75 Å². The molecular weight excluding hydrogens is 211 g/mol. The standard InChI is InChI=1S/C10H9FN4O/c11-7-8(14-10(13)15-9(7)12)5-2-1-3-6(16)4-5/h1-4,16H,(H4,12,13,14,15). The number of aromatic hydroxyl groups is 1. The summed E-state index contributed by atoms with van der Waals surface area (Å²) in [6.07, 6.45) is 0. The molecule has 0 saturated heterocycles. The molecule has 0 radical (unpaired) electrons. The second kappa shape index (κ2) is 3.65. The average molecular weight is 220 g/mol. The first-order valence-electron chi connectivity index (χ1n) is 4.46. The number of nitrogen functional groups attached to an aromatic ring is 2. The number of aromatic nitrogens is 2. The van der Waals surface area contributed by atoms with Crippen molar-refractivity contribution in [3.05, 3.63) is 30.1 Å². The maximum atomic E-state index is 13.6. The van der Waals surface area contributed by atoms with Gasteiger partial charge in [0.2, 0.25) is 5.95 Å². The number of phenols is 1. The number of phenolic OH excluding ortho intramolecular Hbond substituents is 1. The molecule has 0 saturated carbocycles. The maximum absolute atomic E-state index is 13.6. The zero-order valence-electron chi connectivity index (χ0n) is 8.18. The lowest BCUT2D eigenvalue weighted by atomic mass is 10.1. The topological polar surface area (TPSA) is 98.0 Å². The van der Waals surface area contributed by atoms with Crippen LogP contribution in [0.25, 0.3) is 11.3 Å². The normalized spacial score (nSPS) is 10.3. The minimum Gasteiger partial charge on any atom is -0.508 e. The summed E-state index contributed by atoms with van der Waals surface area (Å²) < 4.78 is 13.6. The van der Waals surface area contributed by atoms with Gasteiger partial charge in [-0.1, -0.05) is 12.1 Å². The summed E-state index contributed by atoms with van der Waals surface area (Å²) >= 11 is 0. The Morgan fingerprint density at radius 2 is 1.94 bits per heavy atom. The monoisotopic (exact) mass is 220 g/mol. The number of hydrogen-bond donors (Lipinski definition) is 3. The van der Waals surface area contributed by atoms with Crippen LogP contribution in [0.4, 0.5) is 16.2 Å². The van der Waals surface area contributed by atoms with Crippen LogP contribution in [0, 0.1) is 5.82 Å². The maximum Gasteiger partial charge on any atom is 0.222 e. The predicted molar refractivity (Wildman–Crippen MR) is 57.9 cm³/mol. The minimum atomic E-state index is -0.750. The molecule has 82 valence electrons. The molecule has 1 heterocycles. The fourth-order valence-electron chi connectivity index (χ4n) is 1.33. The van der Waals surface area contributed by atoms with Crippen LogP contribution in [0.3, 0.4) is 0 Å². The molecule has 16 heavy (non-hydrogen) atoms. The molecule has 2 aromatic rings. The molecule has 0 unspecified atom stereocenters. The zero-order valence-corrected chi connectivity index (χ0v) is 8.18. The summed E-state index contributed by atoms with van der Waals surface area (Å²) in [6, 6.07) is 5.99. The van der Waals surface area contributed by atoms with Crippen molar-refractivity contribution in [2.75, 3.05) is 11.5 Å². The highest BCUT2D eigenvalue weighted by atomic mass is 19.1. The molecule has 1 aromatic carbocycles. The van der Waals surface area contributed by atoms with Gasteiger partial charge in [0.25, 0.3) is 0 Å². The molecule has 5 nitrogen and oxygen atoms in total. The number of nitrogens with two attached hydrogens (primary N) is 2. The molecule has 0 aliphatic heterocycles. The number of rotatable bonds is 1. The van der Waals surface area contributed by atoms with Gasteiger partial charge in [-0.15, -0.1) is 0 Å². The third-order valence-corrected chi connectivity index (χ3v) is 2.01. The van der Waals surface area contributed by atoms with E-state index in [1.54, 1.807) is 12.1 Å². The number of hydrogen-bond acceptors (Lipinski definition) is 5. The average Bonchev–Trinajstić information content (AvgIpc) is 2.23. The van der Waals surface area contributed by atoms with Gasteiger partial charge >= 0.3 is 0 Å². The largest absolute Gasteiger partial charge is 0.508 e. The summed E-state index contributed by atoms with van der Waals surface area (Å²) in [5.41, 5.74) is 11.1. The fourth-order valence-corrected chi connectivity index (χ4v) is 1.33. The van der Waals surface area contributed by atoms with Gasteiger partial charge in [0, 0.05) is 5.56 Å². The first-order chi connectivity index (χ1) is 7.58. The van der Waals surface area contributed by atoms with Crippen molar-refractivity contribution in [1.82, 2.24) is 9.97 Å². The Kier molecular flexibility index (Phi) is 2.32. The second-order valence-electron chi connectivity index (χ2n) is 3.18. The van der Waals surface area contributed by atoms with E-state index in [1.807, 2.05) is 0 Å². The van der Waals surface area contributed by atoms with E-state index in [-0.39, 0.29) is 23.2 Å². The van der Waals surface area contributed by atoms with Crippen molar-refractivity contribution >= 4 is 11.8 Å². The second-order valence-corrected chi connectivity index (χ2v) is 3.18. The van der Waals surface area contributed by atoms with E-state index >= 15 is 0 Å². The molecule has 0 bridgehead atoms. The van der Waals surface area contributed by atoms with Gasteiger partial charge in [0.15, 0.2) is 11.6 Å². The van der Waals surface area contributed by atoms with E-state index in [9.17, 15) is 9.50 Å². The molecule has 0 aliphatic rings. The van der Waals surface area contributed by atoms with Gasteiger partial charge < -0.3 is 16.6 Å². The van der Waals surface area contributed by atoms with Crippen LogP contribution in [-0.4, -0.2) is 15.1 Å². The van der Waals surface area contributed by atoms with Gasteiger partial charge in [-0.3, -0.25) is 0 Å². The Morgan fingerprint density at radius 1 is 1.19 bits per heavy atom. The van der Waals surface area contributed by atoms with E-state index in [4.69, 9.17) is 11.5 Å². The van der Waals surface area contributed by atoms with Crippen LogP contribution < -0.4 is 11.5 Å². The number of anilines is 2. The fraction of sp³-hybridized carbons (Fsp3) is 0. The first kappa shape index (κ1) is 10.2. The molecule has 0 spiro atoms. The molecule has 5 N–H and O–H groups in total. The minimum absolute atomic E-state index is 0.00709. The molecule has 0 atom stereocenters. The number of benzene rings is 1. The summed E-state index contributed by atoms with van der Waals surface area (Å²) in [5, 5.41) is 9.28. The van der Waals surface area contributed by atoms with Crippen molar-refractivity contribution in [1.29, 1.82) is 0 Å². The van der Waals surface area contributed by atoms with Gasteiger partial charge in [-0.25, -0.2) is 9.37 Å². The SMILES string of the molecule is Nc1nc(N)c(F)c(-c2cccc(O)c2)n1. The quantitative estimate of drug-likeness (QED) is 0.669. The summed E-state index contributed by atoms with van der Waals surface area (Å²) in [4.78, 5) is 7.23. The van der Waals surface area contributed by atoms with Crippen molar-refractivity contribution in [3.8, 4) is 17.0 Å². The van der Waals surface area contributed by atoms with Crippen LogP contribution in [0.15, 0.2) is 24.3 Å². The number of halogens is 1. The lowest BCUT2D eigenvalue weighted by Crippen LogP contribution is -2.04. The van der Waals surface area contributed by atoms with Crippen LogP contribution in [-0.2, 0) is 0 Å². The Labute approximate surface area is 90.6 Å². The molecule has 0 aliphatic carbocycles. The Balaban J connectivity index is 2.64. The smallest absolute Gasteiger partial charge is 0.222 e. The third kappa shape index (κ3) is 1.72. The van der Waals surface area contributed by atoms with Crippen molar-refractivity contribution in [2.24, 2.45) is 0 Å². The van der Waals surface area contributed by atoms with Gasteiger partial charge in [-0.2, -0.15) is 4.98 Å².